The maximum atomic E-state index is 14.4. The maximum Gasteiger partial charge on any atom is 0.525 e. The molecule has 7 heteroatoms. The van der Waals surface area contributed by atoms with Gasteiger partial charge in [-0.1, -0.05) is 0 Å². The van der Waals surface area contributed by atoms with Crippen molar-refractivity contribution in [1.29, 1.82) is 0 Å². The average Bonchev–Trinajstić information content (AvgIpc) is 2.67. The van der Waals surface area contributed by atoms with Gasteiger partial charge < -0.3 is 9.31 Å². The van der Waals surface area contributed by atoms with E-state index < -0.39 is 24.0 Å². The van der Waals surface area contributed by atoms with Crippen LogP contribution in [-0.4, -0.2) is 33.3 Å². The standard InChI is InChI=1S/C15H17BFN3O2/c1-14(2)15(3,4)22-16(21-14)12(17)8-10-9-19-11-6-5-7-18-13(11)20-10/h5-9H,1-4H3. The molecule has 0 bridgehead atoms. The second-order valence-electron chi connectivity index (χ2n) is 6.26. The fourth-order valence-electron chi connectivity index (χ4n) is 2.10. The third-order valence-corrected chi connectivity index (χ3v) is 4.10. The molecule has 1 aliphatic rings. The lowest BCUT2D eigenvalue weighted by Gasteiger charge is -2.32. The molecule has 0 saturated carbocycles. The Morgan fingerprint density at radius 2 is 1.86 bits per heavy atom. The van der Waals surface area contributed by atoms with Gasteiger partial charge in [-0.3, -0.25) is 4.98 Å². The molecule has 3 rings (SSSR count). The fraction of sp³-hybridized carbons (Fsp3) is 0.400. The van der Waals surface area contributed by atoms with Gasteiger partial charge in [0.1, 0.15) is 11.2 Å². The van der Waals surface area contributed by atoms with Crippen molar-refractivity contribution >= 4 is 24.4 Å². The Bertz CT molecular complexity index is 732. The van der Waals surface area contributed by atoms with Crippen LogP contribution in [-0.2, 0) is 9.31 Å². The average molecular weight is 301 g/mol. The molecule has 0 aromatic carbocycles. The Hall–Kier alpha value is -1.86. The van der Waals surface area contributed by atoms with Gasteiger partial charge in [-0.15, -0.1) is 0 Å². The van der Waals surface area contributed by atoms with Crippen molar-refractivity contribution < 1.29 is 13.7 Å². The Balaban J connectivity index is 1.88. The van der Waals surface area contributed by atoms with Crippen molar-refractivity contribution in [2.24, 2.45) is 0 Å². The number of hydrogen-bond acceptors (Lipinski definition) is 5. The summed E-state index contributed by atoms with van der Waals surface area (Å²) < 4.78 is 25.7. The van der Waals surface area contributed by atoms with Crippen LogP contribution in [0.3, 0.4) is 0 Å². The van der Waals surface area contributed by atoms with Crippen LogP contribution < -0.4 is 0 Å². The van der Waals surface area contributed by atoms with Crippen LogP contribution >= 0.6 is 0 Å². The molecule has 0 unspecified atom stereocenters. The highest BCUT2D eigenvalue weighted by molar-refractivity contribution is 6.54. The summed E-state index contributed by atoms with van der Waals surface area (Å²) in [6, 6.07) is 3.57. The quantitative estimate of drug-likeness (QED) is 0.798. The van der Waals surface area contributed by atoms with Crippen LogP contribution in [0.15, 0.2) is 30.3 Å². The van der Waals surface area contributed by atoms with Crippen LogP contribution in [0, 0.1) is 0 Å². The normalized spacial score (nSPS) is 20.6. The minimum atomic E-state index is -1.04. The number of hydrogen-bond donors (Lipinski definition) is 0. The second kappa shape index (κ2) is 5.10. The Labute approximate surface area is 128 Å². The summed E-state index contributed by atoms with van der Waals surface area (Å²) in [6.07, 6.45) is 4.38. The molecule has 0 aliphatic carbocycles. The van der Waals surface area contributed by atoms with Gasteiger partial charge in [0.25, 0.3) is 0 Å². The number of nitrogens with zero attached hydrogens (tertiary/aromatic N) is 3. The van der Waals surface area contributed by atoms with Crippen LogP contribution in [0.1, 0.15) is 33.4 Å². The lowest BCUT2D eigenvalue weighted by molar-refractivity contribution is 0.00578. The maximum absolute atomic E-state index is 14.4. The molecule has 0 amide bonds. The van der Waals surface area contributed by atoms with Gasteiger partial charge in [0.05, 0.1) is 23.1 Å². The first kappa shape index (κ1) is 15.1. The van der Waals surface area contributed by atoms with Gasteiger partial charge in [-0.05, 0) is 45.9 Å². The SMILES string of the molecule is CC1(C)OB(C(F)=Cc2cnc3cccnc3n2)OC1(C)C. The summed E-state index contributed by atoms with van der Waals surface area (Å²) >= 11 is 0. The first-order valence-corrected chi connectivity index (χ1v) is 7.09. The van der Waals surface area contributed by atoms with E-state index in [2.05, 4.69) is 15.0 Å². The highest BCUT2D eigenvalue weighted by Crippen LogP contribution is 2.38. The third kappa shape index (κ3) is 2.62. The number of pyridine rings is 1. The molecule has 22 heavy (non-hydrogen) atoms. The van der Waals surface area contributed by atoms with E-state index in [4.69, 9.17) is 9.31 Å². The van der Waals surface area contributed by atoms with Crippen LogP contribution in [0.25, 0.3) is 17.2 Å². The van der Waals surface area contributed by atoms with Crippen LogP contribution in [0.4, 0.5) is 4.39 Å². The van der Waals surface area contributed by atoms with Crippen LogP contribution in [0.5, 0.6) is 0 Å². The van der Waals surface area contributed by atoms with E-state index in [-0.39, 0.29) is 0 Å². The Kier molecular flexibility index (Phi) is 3.49. The molecule has 0 spiro atoms. The van der Waals surface area contributed by atoms with Crippen LogP contribution in [0.2, 0.25) is 0 Å². The highest BCUT2D eigenvalue weighted by Gasteiger charge is 2.53. The molecule has 0 radical (unpaired) electrons. The summed E-state index contributed by atoms with van der Waals surface area (Å²) in [5, 5.41) is 0. The van der Waals surface area contributed by atoms with E-state index in [0.29, 0.717) is 16.9 Å². The molecular formula is C15H17BFN3O2. The first-order valence-electron chi connectivity index (χ1n) is 7.09. The molecule has 1 fully saturated rings. The highest BCUT2D eigenvalue weighted by atomic mass is 19.1. The van der Waals surface area contributed by atoms with Crippen molar-refractivity contribution in [3.8, 4) is 0 Å². The van der Waals surface area contributed by atoms with Gasteiger partial charge in [0.2, 0.25) is 0 Å². The van der Waals surface area contributed by atoms with E-state index in [0.717, 1.165) is 0 Å². The van der Waals surface area contributed by atoms with Gasteiger partial charge in [-0.25, -0.2) is 14.4 Å². The lowest BCUT2D eigenvalue weighted by Crippen LogP contribution is -2.41. The molecule has 0 N–H and O–H groups in total. The number of rotatable bonds is 2. The molecular weight excluding hydrogens is 284 g/mol. The Morgan fingerprint density at radius 3 is 2.55 bits per heavy atom. The van der Waals surface area contributed by atoms with Gasteiger partial charge in [0.15, 0.2) is 5.65 Å². The monoisotopic (exact) mass is 301 g/mol. The predicted molar refractivity (Wildman–Crippen MR) is 82.5 cm³/mol. The molecule has 2 aromatic rings. The lowest BCUT2D eigenvalue weighted by atomic mass is 9.87. The van der Waals surface area contributed by atoms with E-state index in [9.17, 15) is 4.39 Å². The van der Waals surface area contributed by atoms with Gasteiger partial charge in [-0.2, -0.15) is 0 Å². The molecule has 3 heterocycles. The van der Waals surface area contributed by atoms with Crippen molar-refractivity contribution in [3.63, 3.8) is 0 Å². The number of aromatic nitrogens is 3. The summed E-state index contributed by atoms with van der Waals surface area (Å²) in [7, 11) is -1.04. The predicted octanol–water partition coefficient (Wildman–Crippen LogP) is 2.97. The zero-order valence-electron chi connectivity index (χ0n) is 13.0. The minimum absolute atomic E-state index is 0.374. The Morgan fingerprint density at radius 1 is 1.18 bits per heavy atom. The topological polar surface area (TPSA) is 57.1 Å². The second-order valence-corrected chi connectivity index (χ2v) is 6.26. The first-order chi connectivity index (χ1) is 10.3. The minimum Gasteiger partial charge on any atom is -0.398 e. The number of halogens is 1. The van der Waals surface area contributed by atoms with Gasteiger partial charge >= 0.3 is 7.12 Å². The summed E-state index contributed by atoms with van der Waals surface area (Å²) in [5.41, 5.74) is -0.200. The zero-order chi connectivity index (χ0) is 16.0. The third-order valence-electron chi connectivity index (χ3n) is 4.10. The molecule has 1 saturated heterocycles. The molecule has 2 aromatic heterocycles. The smallest absolute Gasteiger partial charge is 0.398 e. The number of fused-ring (bicyclic) bond motifs is 1. The van der Waals surface area contributed by atoms with Crippen molar-refractivity contribution in [2.45, 2.75) is 38.9 Å². The summed E-state index contributed by atoms with van der Waals surface area (Å²) in [6.45, 7) is 7.50. The van der Waals surface area contributed by atoms with E-state index in [1.807, 2.05) is 27.7 Å². The van der Waals surface area contributed by atoms with E-state index >= 15 is 0 Å². The molecule has 1 aliphatic heterocycles. The van der Waals surface area contributed by atoms with Crippen molar-refractivity contribution in [2.75, 3.05) is 0 Å². The summed E-state index contributed by atoms with van der Waals surface area (Å²) in [4.78, 5) is 12.6. The zero-order valence-corrected chi connectivity index (χ0v) is 13.0. The van der Waals surface area contributed by atoms with Crippen molar-refractivity contribution in [3.05, 3.63) is 35.9 Å². The van der Waals surface area contributed by atoms with E-state index in [1.54, 1.807) is 18.3 Å². The van der Waals surface area contributed by atoms with Crippen molar-refractivity contribution in [1.82, 2.24) is 15.0 Å². The molecule has 0 atom stereocenters. The largest absolute Gasteiger partial charge is 0.525 e. The van der Waals surface area contributed by atoms with E-state index in [1.165, 1.54) is 12.3 Å². The van der Waals surface area contributed by atoms with Gasteiger partial charge in [0, 0.05) is 6.20 Å². The molecule has 5 nitrogen and oxygen atoms in total. The summed E-state index contributed by atoms with van der Waals surface area (Å²) in [5.74, 6) is 0. The fourth-order valence-corrected chi connectivity index (χ4v) is 2.10. The molecule has 114 valence electrons.